The predicted octanol–water partition coefficient (Wildman–Crippen LogP) is 7.23. The molecule has 7 heterocycles. The second kappa shape index (κ2) is 15.5. The number of amides is 1. The lowest BCUT2D eigenvalue weighted by Gasteiger charge is -2.42. The van der Waals surface area contributed by atoms with Gasteiger partial charge < -0.3 is 30.1 Å². The molecule has 7 bridgehead atoms. The molecule has 0 radical (unpaired) electrons. The number of carbonyl (C=O) groups excluding carboxylic acids is 1. The molecule has 3 N–H and O–H groups in total. The van der Waals surface area contributed by atoms with Gasteiger partial charge in [0.15, 0.2) is 5.82 Å². The lowest BCUT2D eigenvalue weighted by molar-refractivity contribution is -0.122. The van der Waals surface area contributed by atoms with Crippen LogP contribution in [0.1, 0.15) is 85.6 Å². The van der Waals surface area contributed by atoms with E-state index < -0.39 is 25.2 Å². The number of phenolic OH excluding ortho intramolecular Hbond substituents is 1. The summed E-state index contributed by atoms with van der Waals surface area (Å²) in [5.74, 6) is 2.41. The fourth-order valence-electron chi connectivity index (χ4n) is 11.6. The number of aromatic hydroxyl groups is 1. The maximum Gasteiger partial charge on any atom is 0.319 e. The maximum atomic E-state index is 17.7. The summed E-state index contributed by atoms with van der Waals surface area (Å²) in [5, 5.41) is 19.3. The number of nitrogens with zero attached hydrogens (tertiary/aromatic N) is 5. The average molecular weight is 838 g/mol. The van der Waals surface area contributed by atoms with Gasteiger partial charge in [0.25, 0.3) is 0 Å². The van der Waals surface area contributed by atoms with Crippen molar-refractivity contribution in [2.24, 2.45) is 0 Å². The molecule has 11 nitrogen and oxygen atoms in total. The van der Waals surface area contributed by atoms with E-state index in [1.54, 1.807) is 18.3 Å². The molecule has 4 atom stereocenters. The summed E-state index contributed by atoms with van der Waals surface area (Å²) in [4.78, 5) is 32.2. The minimum atomic E-state index is -2.29. The number of hydrogen-bond donors (Lipinski definition) is 3. The van der Waals surface area contributed by atoms with Gasteiger partial charge in [0.1, 0.15) is 43.3 Å². The molecule has 4 saturated heterocycles. The molecule has 9 rings (SSSR count). The van der Waals surface area contributed by atoms with Gasteiger partial charge in [-0.15, -0.1) is 5.54 Å². The zero-order chi connectivity index (χ0) is 42.1. The van der Waals surface area contributed by atoms with Crippen molar-refractivity contribution in [2.75, 3.05) is 50.8 Å². The number of phenols is 1. The highest BCUT2D eigenvalue weighted by Crippen LogP contribution is 2.44. The summed E-state index contributed by atoms with van der Waals surface area (Å²) in [6, 6.07) is 6.13. The van der Waals surface area contributed by atoms with Gasteiger partial charge in [-0.25, -0.2) is 8.78 Å². The highest BCUT2D eigenvalue weighted by molar-refractivity contribution is 6.90. The number of aromatic nitrogens is 3. The van der Waals surface area contributed by atoms with Gasteiger partial charge in [-0.2, -0.15) is 9.97 Å². The van der Waals surface area contributed by atoms with Crippen LogP contribution in [0.4, 0.5) is 14.6 Å². The Balaban J connectivity index is 1.21. The summed E-state index contributed by atoms with van der Waals surface area (Å²) in [6.07, 6.45) is 6.30. The summed E-state index contributed by atoms with van der Waals surface area (Å²) in [6.45, 7) is 17.1. The number of piperazine rings is 1. The van der Waals surface area contributed by atoms with E-state index in [1.165, 1.54) is 12.1 Å². The van der Waals surface area contributed by atoms with Crippen LogP contribution in [0.25, 0.3) is 32.9 Å². The third-order valence-corrected chi connectivity index (χ3v) is 20.8. The molecule has 0 saturated carbocycles. The van der Waals surface area contributed by atoms with E-state index >= 15 is 8.78 Å². The van der Waals surface area contributed by atoms with Crippen LogP contribution in [0.15, 0.2) is 30.5 Å². The number of pyridine rings is 1. The van der Waals surface area contributed by atoms with Gasteiger partial charge >= 0.3 is 6.01 Å². The van der Waals surface area contributed by atoms with E-state index in [1.807, 2.05) is 0 Å². The molecule has 5 aliphatic heterocycles. The van der Waals surface area contributed by atoms with Crippen molar-refractivity contribution in [2.45, 2.75) is 120 Å². The number of benzene rings is 2. The van der Waals surface area contributed by atoms with Crippen molar-refractivity contribution in [3.8, 4) is 34.5 Å². The van der Waals surface area contributed by atoms with Crippen molar-refractivity contribution in [1.82, 2.24) is 30.5 Å². The molecule has 60 heavy (non-hydrogen) atoms. The van der Waals surface area contributed by atoms with Gasteiger partial charge in [0.05, 0.1) is 34.7 Å². The Morgan fingerprint density at radius 1 is 1.05 bits per heavy atom. The number of hydrogen-bond acceptors (Lipinski definition) is 10. The molecule has 0 unspecified atom stereocenters. The Labute approximate surface area is 352 Å². The molecule has 5 aliphatic rings. The van der Waals surface area contributed by atoms with E-state index in [2.05, 4.69) is 73.4 Å². The zero-order valence-electron chi connectivity index (χ0n) is 35.6. The molecule has 2 aromatic heterocycles. The quantitative estimate of drug-likeness (QED) is 0.143. The van der Waals surface area contributed by atoms with Gasteiger partial charge in [-0.3, -0.25) is 14.7 Å². The summed E-state index contributed by atoms with van der Waals surface area (Å²) in [5.41, 5.74) is 4.22. The van der Waals surface area contributed by atoms with Crippen LogP contribution in [0, 0.1) is 23.1 Å². The summed E-state index contributed by atoms with van der Waals surface area (Å²) >= 11 is 0. The second-order valence-corrected chi connectivity index (χ2v) is 24.6. The standard InChI is InChI=1S/C46H57F2N7O4Si/c1-27(2)60(28(3)4,29(5)6)17-12-34-37(47)9-8-30-18-32(56)19-35(39(30)34)41-40(48)42-36(21-49-41)43-52-44(51-42)59-26-46-13-7-15-55(46)23-33(20-46)58-16-11-38(57)50-24-45-14-10-31(53-45)22-54(43)25-45/h8-9,18-19,21,27-29,31,33,53,56H,7,10-11,13-16,20,22-26H2,1-6H3,(H,50,57)/t31-,33+,45-,46+/m0/s1. The lowest BCUT2D eigenvalue weighted by atomic mass is 9.94. The van der Waals surface area contributed by atoms with E-state index in [0.717, 1.165) is 45.2 Å². The third kappa shape index (κ3) is 6.99. The van der Waals surface area contributed by atoms with E-state index in [-0.39, 0.29) is 57.7 Å². The number of fused-ring (bicyclic) bond motifs is 9. The van der Waals surface area contributed by atoms with E-state index in [0.29, 0.717) is 77.9 Å². The molecule has 0 aliphatic carbocycles. The first kappa shape index (κ1) is 41.0. The summed E-state index contributed by atoms with van der Waals surface area (Å²) in [7, 11) is -2.29. The average Bonchev–Trinajstić information content (AvgIpc) is 3.85. The molecule has 14 heteroatoms. The largest absolute Gasteiger partial charge is 0.508 e. The van der Waals surface area contributed by atoms with Crippen molar-refractivity contribution < 1.29 is 28.2 Å². The van der Waals surface area contributed by atoms with Crippen LogP contribution >= 0.6 is 0 Å². The Morgan fingerprint density at radius 3 is 2.63 bits per heavy atom. The van der Waals surface area contributed by atoms with Gasteiger partial charge in [0, 0.05) is 55.8 Å². The molecule has 4 fully saturated rings. The normalized spacial score (nSPS) is 26.1. The number of carbonyl (C=O) groups is 1. The fourth-order valence-corrected chi connectivity index (χ4v) is 16.9. The summed E-state index contributed by atoms with van der Waals surface area (Å²) < 4.78 is 46.7. The molecule has 2 aromatic carbocycles. The fraction of sp³-hybridized carbons (Fsp3) is 0.565. The van der Waals surface area contributed by atoms with Crippen molar-refractivity contribution in [1.29, 1.82) is 0 Å². The Kier molecular flexibility index (Phi) is 10.6. The molecular formula is C46H57F2N7O4Si. The molecule has 4 aromatic rings. The Morgan fingerprint density at radius 2 is 1.85 bits per heavy atom. The lowest BCUT2D eigenvalue weighted by Crippen LogP contribution is -2.64. The first-order valence-corrected chi connectivity index (χ1v) is 24.1. The Hall–Kier alpha value is -4.42. The number of nitrogens with one attached hydrogen (secondary N) is 2. The Bertz CT molecular complexity index is 2400. The van der Waals surface area contributed by atoms with Crippen LogP contribution in [0.5, 0.6) is 11.8 Å². The van der Waals surface area contributed by atoms with Gasteiger partial charge in [-0.05, 0) is 78.9 Å². The number of rotatable bonds is 4. The first-order chi connectivity index (χ1) is 28.7. The first-order valence-electron chi connectivity index (χ1n) is 21.8. The van der Waals surface area contributed by atoms with Crippen LogP contribution in [-0.2, 0) is 9.53 Å². The number of ether oxygens (including phenoxy) is 2. The van der Waals surface area contributed by atoms with Crippen molar-refractivity contribution in [3.05, 3.63) is 47.7 Å². The van der Waals surface area contributed by atoms with Gasteiger partial charge in [-0.1, -0.05) is 53.5 Å². The van der Waals surface area contributed by atoms with Crippen LogP contribution in [-0.4, -0.2) is 108 Å². The molecule has 318 valence electrons. The number of anilines is 1. The predicted molar refractivity (Wildman–Crippen MR) is 232 cm³/mol. The molecule has 2 spiro atoms. The van der Waals surface area contributed by atoms with Crippen LogP contribution in [0.2, 0.25) is 16.6 Å². The van der Waals surface area contributed by atoms with Crippen molar-refractivity contribution in [3.63, 3.8) is 0 Å². The smallest absolute Gasteiger partial charge is 0.319 e. The van der Waals surface area contributed by atoms with E-state index in [4.69, 9.17) is 24.4 Å². The topological polar surface area (TPSA) is 125 Å². The third-order valence-electron chi connectivity index (χ3n) is 14.5. The SMILES string of the molecule is CC(C)[Si](C#Cc1c(F)ccc2cc(O)cc(-c3ncc4c5nc(nc4c3F)OC[C@]34CCCN3C[C@@H](C4)OCCC(=O)NC[C@@]34CC[C@@H](CN5C3)N4)c12)(C(C)C)C(C)C. The van der Waals surface area contributed by atoms with Crippen LogP contribution in [0.3, 0.4) is 0 Å². The van der Waals surface area contributed by atoms with Gasteiger partial charge in [0.2, 0.25) is 5.91 Å². The van der Waals surface area contributed by atoms with Crippen molar-refractivity contribution >= 4 is 41.5 Å². The highest BCUT2D eigenvalue weighted by atomic mass is 28.3. The molecular weight excluding hydrogens is 781 g/mol. The minimum absolute atomic E-state index is 0.0194. The van der Waals surface area contributed by atoms with Crippen LogP contribution < -0.4 is 20.3 Å². The zero-order valence-corrected chi connectivity index (χ0v) is 36.6. The second-order valence-electron chi connectivity index (χ2n) is 19.0. The maximum absolute atomic E-state index is 17.7. The van der Waals surface area contributed by atoms with E-state index in [9.17, 15) is 9.90 Å². The monoisotopic (exact) mass is 837 g/mol. The molecule has 1 amide bonds. The number of halogens is 2. The minimum Gasteiger partial charge on any atom is -0.508 e. The highest BCUT2D eigenvalue weighted by Gasteiger charge is 2.50.